The van der Waals surface area contributed by atoms with Crippen molar-refractivity contribution in [1.29, 1.82) is 0 Å². The topological polar surface area (TPSA) is 93.1 Å². The van der Waals surface area contributed by atoms with Crippen molar-refractivity contribution in [3.8, 4) is 11.5 Å². The number of carboxylic acid groups (broad SMARTS) is 1. The van der Waals surface area contributed by atoms with E-state index >= 15 is 0 Å². The maximum Gasteiger partial charge on any atom is 0.318 e. The van der Waals surface area contributed by atoms with Gasteiger partial charge in [0.15, 0.2) is 11.5 Å². The zero-order chi connectivity index (χ0) is 19.2. The van der Waals surface area contributed by atoms with E-state index in [0.717, 1.165) is 9.87 Å². The Morgan fingerprint density at radius 3 is 2.27 bits per heavy atom. The number of benzene rings is 2. The molecule has 8 heteroatoms. The van der Waals surface area contributed by atoms with E-state index in [1.165, 1.54) is 26.4 Å². The molecule has 1 N–H and O–H groups in total. The van der Waals surface area contributed by atoms with E-state index < -0.39 is 22.5 Å². The largest absolute Gasteiger partial charge is 0.493 e. The number of carboxylic acids is 1. The second kappa shape index (κ2) is 8.68. The first-order valence-electron chi connectivity index (χ1n) is 7.86. The summed E-state index contributed by atoms with van der Waals surface area (Å²) in [5, 5.41) is 9.10. The quantitative estimate of drug-likeness (QED) is 0.716. The Hall–Kier alpha value is -2.58. The van der Waals surface area contributed by atoms with Crippen molar-refractivity contribution in [3.63, 3.8) is 0 Å². The van der Waals surface area contributed by atoms with Crippen LogP contribution in [-0.4, -0.2) is 51.1 Å². The molecule has 26 heavy (non-hydrogen) atoms. The molecule has 0 amide bonds. The molecule has 0 saturated carbocycles. The molecule has 2 aromatic carbocycles. The minimum Gasteiger partial charge on any atom is -0.493 e. The Morgan fingerprint density at radius 1 is 1.04 bits per heavy atom. The minimum absolute atomic E-state index is 0.0268. The first-order chi connectivity index (χ1) is 12.4. The third-order valence-corrected chi connectivity index (χ3v) is 5.65. The SMILES string of the molecule is COc1ccc(CCN(CC(=O)O)S(=O)(=O)c2ccccc2)cc1OC. The molecule has 0 aliphatic carbocycles. The van der Waals surface area contributed by atoms with Gasteiger partial charge < -0.3 is 14.6 Å². The van der Waals surface area contributed by atoms with E-state index in [9.17, 15) is 13.2 Å². The molecule has 2 aromatic rings. The fourth-order valence-electron chi connectivity index (χ4n) is 2.47. The molecular weight excluding hydrogens is 358 g/mol. The molecule has 0 aromatic heterocycles. The first kappa shape index (κ1) is 19.7. The number of nitrogens with zero attached hydrogens (tertiary/aromatic N) is 1. The van der Waals surface area contributed by atoms with Crippen molar-refractivity contribution >= 4 is 16.0 Å². The predicted octanol–water partition coefficient (Wildman–Crippen LogP) is 2.02. The van der Waals surface area contributed by atoms with Gasteiger partial charge in [-0.2, -0.15) is 4.31 Å². The van der Waals surface area contributed by atoms with Gasteiger partial charge >= 0.3 is 5.97 Å². The monoisotopic (exact) mass is 379 g/mol. The molecule has 0 spiro atoms. The van der Waals surface area contributed by atoms with Crippen LogP contribution in [0, 0.1) is 0 Å². The van der Waals surface area contributed by atoms with Crippen molar-refractivity contribution < 1.29 is 27.8 Å². The van der Waals surface area contributed by atoms with Gasteiger partial charge in [-0.1, -0.05) is 24.3 Å². The van der Waals surface area contributed by atoms with E-state index in [0.29, 0.717) is 17.9 Å². The second-order valence-electron chi connectivity index (χ2n) is 5.48. The van der Waals surface area contributed by atoms with Crippen LogP contribution in [0.4, 0.5) is 0 Å². The zero-order valence-corrected chi connectivity index (χ0v) is 15.4. The first-order valence-corrected chi connectivity index (χ1v) is 9.30. The maximum atomic E-state index is 12.7. The average Bonchev–Trinajstić information content (AvgIpc) is 2.65. The van der Waals surface area contributed by atoms with Crippen LogP contribution in [0.25, 0.3) is 0 Å². The Morgan fingerprint density at radius 2 is 1.69 bits per heavy atom. The van der Waals surface area contributed by atoms with Crippen molar-refractivity contribution in [2.24, 2.45) is 0 Å². The highest BCUT2D eigenvalue weighted by molar-refractivity contribution is 7.89. The zero-order valence-electron chi connectivity index (χ0n) is 14.6. The van der Waals surface area contributed by atoms with Gasteiger partial charge in [-0.05, 0) is 36.2 Å². The van der Waals surface area contributed by atoms with Gasteiger partial charge in [0.25, 0.3) is 0 Å². The summed E-state index contributed by atoms with van der Waals surface area (Å²) in [4.78, 5) is 11.2. The second-order valence-corrected chi connectivity index (χ2v) is 7.42. The fraction of sp³-hybridized carbons (Fsp3) is 0.278. The highest BCUT2D eigenvalue weighted by atomic mass is 32.2. The van der Waals surface area contributed by atoms with Gasteiger partial charge in [-0.15, -0.1) is 0 Å². The van der Waals surface area contributed by atoms with Crippen LogP contribution in [-0.2, 0) is 21.2 Å². The summed E-state index contributed by atoms with van der Waals surface area (Å²) in [6, 6.07) is 13.0. The third-order valence-electron chi connectivity index (χ3n) is 3.79. The highest BCUT2D eigenvalue weighted by Crippen LogP contribution is 2.28. The number of ether oxygens (including phenoxy) is 2. The standard InChI is InChI=1S/C18H21NO6S/c1-24-16-9-8-14(12-17(16)25-2)10-11-19(13-18(20)21)26(22,23)15-6-4-3-5-7-15/h3-9,12H,10-11,13H2,1-2H3,(H,20,21). The molecule has 0 radical (unpaired) electrons. The number of carbonyl (C=O) groups is 1. The Kier molecular flexibility index (Phi) is 6.59. The lowest BCUT2D eigenvalue weighted by Crippen LogP contribution is -2.37. The normalized spacial score (nSPS) is 11.3. The molecule has 0 aliphatic heterocycles. The number of aliphatic carboxylic acids is 1. The summed E-state index contributed by atoms with van der Waals surface area (Å²) in [6.07, 6.45) is 0.333. The minimum atomic E-state index is -3.90. The summed E-state index contributed by atoms with van der Waals surface area (Å²) < 4.78 is 36.8. The van der Waals surface area contributed by atoms with Crippen LogP contribution in [0.1, 0.15) is 5.56 Å². The molecular formula is C18H21NO6S. The number of hydrogen-bond acceptors (Lipinski definition) is 5. The maximum absolute atomic E-state index is 12.7. The Labute approximate surface area is 152 Å². The number of methoxy groups -OCH3 is 2. The van der Waals surface area contributed by atoms with Gasteiger partial charge in [-0.25, -0.2) is 8.42 Å². The van der Waals surface area contributed by atoms with E-state index in [2.05, 4.69) is 0 Å². The average molecular weight is 379 g/mol. The molecule has 7 nitrogen and oxygen atoms in total. The summed E-state index contributed by atoms with van der Waals surface area (Å²) in [5.41, 5.74) is 0.807. The Bertz CT molecular complexity index is 851. The summed E-state index contributed by atoms with van der Waals surface area (Å²) in [7, 11) is -0.860. The van der Waals surface area contributed by atoms with Gasteiger partial charge in [0.2, 0.25) is 10.0 Å². The van der Waals surface area contributed by atoms with Crippen molar-refractivity contribution in [2.75, 3.05) is 27.3 Å². The van der Waals surface area contributed by atoms with Crippen molar-refractivity contribution in [2.45, 2.75) is 11.3 Å². The highest BCUT2D eigenvalue weighted by Gasteiger charge is 2.26. The van der Waals surface area contributed by atoms with E-state index in [4.69, 9.17) is 14.6 Å². The number of rotatable bonds is 9. The molecule has 0 unspecified atom stereocenters. The predicted molar refractivity (Wildman–Crippen MR) is 96.1 cm³/mol. The summed E-state index contributed by atoms with van der Waals surface area (Å²) in [5.74, 6) is -0.118. The molecule has 0 fully saturated rings. The van der Waals surface area contributed by atoms with Gasteiger partial charge in [0, 0.05) is 6.54 Å². The smallest absolute Gasteiger partial charge is 0.318 e. The van der Waals surface area contributed by atoms with E-state index in [1.807, 2.05) is 0 Å². The van der Waals surface area contributed by atoms with E-state index in [-0.39, 0.29) is 11.4 Å². The molecule has 0 bridgehead atoms. The number of hydrogen-bond donors (Lipinski definition) is 1. The van der Waals surface area contributed by atoms with Crippen LogP contribution in [0.5, 0.6) is 11.5 Å². The van der Waals surface area contributed by atoms with Gasteiger partial charge in [0.05, 0.1) is 19.1 Å². The van der Waals surface area contributed by atoms with Gasteiger partial charge in [-0.3, -0.25) is 4.79 Å². The van der Waals surface area contributed by atoms with Crippen molar-refractivity contribution in [1.82, 2.24) is 4.31 Å². The lowest BCUT2D eigenvalue weighted by molar-refractivity contribution is -0.137. The van der Waals surface area contributed by atoms with Gasteiger partial charge in [0.1, 0.15) is 6.54 Å². The third kappa shape index (κ3) is 4.74. The van der Waals surface area contributed by atoms with Crippen LogP contribution in [0.3, 0.4) is 0 Å². The van der Waals surface area contributed by atoms with Crippen LogP contribution < -0.4 is 9.47 Å². The molecule has 0 atom stereocenters. The van der Waals surface area contributed by atoms with E-state index in [1.54, 1.807) is 36.4 Å². The number of sulfonamides is 1. The van der Waals surface area contributed by atoms with Crippen LogP contribution in [0.15, 0.2) is 53.4 Å². The fourth-order valence-corrected chi connectivity index (χ4v) is 3.88. The lowest BCUT2D eigenvalue weighted by atomic mass is 10.1. The lowest BCUT2D eigenvalue weighted by Gasteiger charge is -2.20. The molecule has 140 valence electrons. The van der Waals surface area contributed by atoms with Crippen LogP contribution in [0.2, 0.25) is 0 Å². The van der Waals surface area contributed by atoms with Crippen molar-refractivity contribution in [3.05, 3.63) is 54.1 Å². The summed E-state index contributed by atoms with van der Waals surface area (Å²) in [6.45, 7) is -0.580. The molecule has 0 aliphatic rings. The molecule has 0 saturated heterocycles. The molecule has 0 heterocycles. The Balaban J connectivity index is 2.23. The molecule has 2 rings (SSSR count). The summed E-state index contributed by atoms with van der Waals surface area (Å²) >= 11 is 0. The van der Waals surface area contributed by atoms with Crippen LogP contribution >= 0.6 is 0 Å².